The molecule has 0 radical (unpaired) electrons. The summed E-state index contributed by atoms with van der Waals surface area (Å²) in [6.07, 6.45) is 6.93. The van der Waals surface area contributed by atoms with Crippen molar-refractivity contribution in [1.29, 1.82) is 0 Å². The first kappa shape index (κ1) is 24.8. The van der Waals surface area contributed by atoms with Crippen molar-refractivity contribution in [2.75, 3.05) is 13.7 Å². The summed E-state index contributed by atoms with van der Waals surface area (Å²) >= 11 is 1.24. The monoisotopic (exact) mass is 500 g/mol. The summed E-state index contributed by atoms with van der Waals surface area (Å²) in [6, 6.07) is 15.6. The zero-order chi connectivity index (χ0) is 25.7. The minimum Gasteiger partial charge on any atom is -0.465 e. The van der Waals surface area contributed by atoms with Crippen LogP contribution in [0, 0.1) is 0 Å². The van der Waals surface area contributed by atoms with Crippen LogP contribution in [0.3, 0.4) is 0 Å². The second-order valence-corrected chi connectivity index (χ2v) is 8.88. The fourth-order valence-corrected chi connectivity index (χ4v) is 4.85. The standard InChI is InChI=1S/C28H24N2O5S/c1-4-17-35-27(33)23-18(2)29-28-30(24(23)20-13-15-21(16-14-20)26(32)34-3)25(31)22(36-28)12-8-11-19-9-6-5-7-10-19/h4-16,24H,1,17H2,2-3H3. The Balaban J connectivity index is 1.84. The van der Waals surface area contributed by atoms with Gasteiger partial charge in [-0.25, -0.2) is 14.6 Å². The van der Waals surface area contributed by atoms with Gasteiger partial charge in [0.05, 0.1) is 34.5 Å². The van der Waals surface area contributed by atoms with E-state index >= 15 is 0 Å². The molecule has 0 saturated carbocycles. The van der Waals surface area contributed by atoms with Crippen molar-refractivity contribution >= 4 is 35.4 Å². The van der Waals surface area contributed by atoms with Gasteiger partial charge in [0.15, 0.2) is 4.80 Å². The Labute approximate surface area is 211 Å². The molecule has 1 aliphatic heterocycles. The lowest BCUT2D eigenvalue weighted by molar-refractivity contribution is -0.138. The molecule has 4 rings (SSSR count). The molecule has 1 aliphatic rings. The van der Waals surface area contributed by atoms with Crippen LogP contribution in [-0.2, 0) is 14.3 Å². The summed E-state index contributed by atoms with van der Waals surface area (Å²) < 4.78 is 12.1. The van der Waals surface area contributed by atoms with Crippen LogP contribution >= 0.6 is 11.3 Å². The van der Waals surface area contributed by atoms with Gasteiger partial charge in [0.25, 0.3) is 5.56 Å². The Morgan fingerprint density at radius 3 is 2.50 bits per heavy atom. The summed E-state index contributed by atoms with van der Waals surface area (Å²) in [5.74, 6) is -1.07. The number of esters is 2. The van der Waals surface area contributed by atoms with Gasteiger partial charge in [0.2, 0.25) is 0 Å². The number of carbonyl (C=O) groups excluding carboxylic acids is 2. The number of rotatable bonds is 7. The maximum absolute atomic E-state index is 13.5. The number of ether oxygens (including phenoxy) is 2. The molecule has 0 bridgehead atoms. The first-order valence-electron chi connectivity index (χ1n) is 11.1. The number of methoxy groups -OCH3 is 1. The molecule has 1 aromatic heterocycles. The molecule has 7 nitrogen and oxygen atoms in total. The number of aromatic nitrogens is 1. The van der Waals surface area contributed by atoms with Crippen molar-refractivity contribution in [3.05, 3.63) is 121 Å². The number of nitrogens with zero attached hydrogens (tertiary/aromatic N) is 2. The molecule has 0 aliphatic carbocycles. The van der Waals surface area contributed by atoms with Gasteiger partial charge in [-0.3, -0.25) is 9.36 Å². The average Bonchev–Trinajstić information content (AvgIpc) is 3.21. The fraction of sp³-hybridized carbons (Fsp3) is 0.143. The molecular weight excluding hydrogens is 476 g/mol. The lowest BCUT2D eigenvalue weighted by Crippen LogP contribution is -2.39. The molecule has 0 saturated heterocycles. The van der Waals surface area contributed by atoms with Crippen LogP contribution in [0.4, 0.5) is 0 Å². The molecular formula is C28H24N2O5S. The van der Waals surface area contributed by atoms with Crippen molar-refractivity contribution in [2.24, 2.45) is 4.99 Å². The number of carbonyl (C=O) groups is 2. The van der Waals surface area contributed by atoms with E-state index in [0.29, 0.717) is 26.2 Å². The zero-order valence-corrected chi connectivity index (χ0v) is 20.7. The van der Waals surface area contributed by atoms with E-state index in [1.165, 1.54) is 29.1 Å². The second-order valence-electron chi connectivity index (χ2n) is 7.87. The van der Waals surface area contributed by atoms with E-state index in [2.05, 4.69) is 11.6 Å². The third-order valence-electron chi connectivity index (χ3n) is 5.56. The van der Waals surface area contributed by atoms with Crippen molar-refractivity contribution in [1.82, 2.24) is 4.57 Å². The normalized spacial score (nSPS) is 15.4. The molecule has 8 heteroatoms. The predicted molar refractivity (Wildman–Crippen MR) is 139 cm³/mol. The summed E-state index contributed by atoms with van der Waals surface area (Å²) in [5.41, 5.74) is 2.43. The van der Waals surface area contributed by atoms with E-state index in [1.54, 1.807) is 37.3 Å². The maximum atomic E-state index is 13.5. The van der Waals surface area contributed by atoms with Crippen molar-refractivity contribution in [3.8, 4) is 0 Å². The molecule has 182 valence electrons. The van der Waals surface area contributed by atoms with Crippen LogP contribution in [-0.4, -0.2) is 30.2 Å². The molecule has 36 heavy (non-hydrogen) atoms. The fourth-order valence-electron chi connectivity index (χ4n) is 3.85. The van der Waals surface area contributed by atoms with Gasteiger partial charge < -0.3 is 9.47 Å². The van der Waals surface area contributed by atoms with Crippen LogP contribution in [0.15, 0.2) is 94.4 Å². The number of allylic oxidation sites excluding steroid dienone is 2. The van der Waals surface area contributed by atoms with Crippen LogP contribution in [0.2, 0.25) is 0 Å². The van der Waals surface area contributed by atoms with Gasteiger partial charge in [-0.1, -0.05) is 78.6 Å². The van der Waals surface area contributed by atoms with Gasteiger partial charge in [0.1, 0.15) is 6.61 Å². The van der Waals surface area contributed by atoms with Crippen LogP contribution in [0.25, 0.3) is 12.2 Å². The van der Waals surface area contributed by atoms with E-state index < -0.39 is 18.0 Å². The smallest absolute Gasteiger partial charge is 0.338 e. The third-order valence-corrected chi connectivity index (χ3v) is 6.56. The number of fused-ring (bicyclic) bond motifs is 1. The van der Waals surface area contributed by atoms with Gasteiger partial charge in [0, 0.05) is 0 Å². The van der Waals surface area contributed by atoms with Crippen LogP contribution in [0.5, 0.6) is 0 Å². The maximum Gasteiger partial charge on any atom is 0.338 e. The highest BCUT2D eigenvalue weighted by Crippen LogP contribution is 2.31. The molecule has 1 unspecified atom stereocenters. The van der Waals surface area contributed by atoms with Crippen molar-refractivity contribution < 1.29 is 19.1 Å². The van der Waals surface area contributed by atoms with Crippen molar-refractivity contribution in [3.63, 3.8) is 0 Å². The van der Waals surface area contributed by atoms with Gasteiger partial charge in [-0.2, -0.15) is 0 Å². The molecule has 0 amide bonds. The summed E-state index contributed by atoms with van der Waals surface area (Å²) in [5, 5.41) is 0. The molecule has 1 atom stereocenters. The minimum absolute atomic E-state index is 0.0261. The first-order valence-corrected chi connectivity index (χ1v) is 12.0. The van der Waals surface area contributed by atoms with E-state index in [9.17, 15) is 14.4 Å². The lowest BCUT2D eigenvalue weighted by atomic mass is 9.95. The number of hydrogen-bond donors (Lipinski definition) is 0. The Bertz CT molecular complexity index is 1540. The first-order chi connectivity index (χ1) is 17.4. The SMILES string of the molecule is C=CCOC(=O)C1=C(C)N=c2sc(=CC=Cc3ccccc3)c(=O)n2C1c1ccc(C(=O)OC)cc1. The van der Waals surface area contributed by atoms with E-state index in [4.69, 9.17) is 9.47 Å². The Kier molecular flexibility index (Phi) is 7.56. The van der Waals surface area contributed by atoms with Crippen LogP contribution in [0.1, 0.15) is 34.5 Å². The lowest BCUT2D eigenvalue weighted by Gasteiger charge is -2.24. The summed E-state index contributed by atoms with van der Waals surface area (Å²) in [4.78, 5) is 43.5. The largest absolute Gasteiger partial charge is 0.465 e. The van der Waals surface area contributed by atoms with E-state index in [-0.39, 0.29) is 17.7 Å². The highest BCUT2D eigenvalue weighted by atomic mass is 32.1. The third kappa shape index (κ3) is 5.04. The molecule has 3 aromatic rings. The molecule has 2 aromatic carbocycles. The van der Waals surface area contributed by atoms with Crippen LogP contribution < -0.4 is 14.9 Å². The average molecular weight is 501 g/mol. The number of thiazole rings is 1. The summed E-state index contributed by atoms with van der Waals surface area (Å²) in [6.45, 7) is 5.33. The van der Waals surface area contributed by atoms with Gasteiger partial charge >= 0.3 is 11.9 Å². The highest BCUT2D eigenvalue weighted by Gasteiger charge is 2.33. The molecule has 0 spiro atoms. The number of hydrogen-bond acceptors (Lipinski definition) is 7. The van der Waals surface area contributed by atoms with Crippen molar-refractivity contribution in [2.45, 2.75) is 13.0 Å². The minimum atomic E-state index is -0.773. The topological polar surface area (TPSA) is 87.0 Å². The molecule has 2 heterocycles. The van der Waals surface area contributed by atoms with Gasteiger partial charge in [-0.15, -0.1) is 0 Å². The predicted octanol–water partition coefficient (Wildman–Crippen LogP) is 3.42. The highest BCUT2D eigenvalue weighted by molar-refractivity contribution is 7.07. The van der Waals surface area contributed by atoms with E-state index in [1.807, 2.05) is 42.5 Å². The molecule has 0 fully saturated rings. The molecule has 0 N–H and O–H groups in total. The second kappa shape index (κ2) is 11.0. The van der Waals surface area contributed by atoms with E-state index in [0.717, 1.165) is 5.56 Å². The zero-order valence-electron chi connectivity index (χ0n) is 19.8. The summed E-state index contributed by atoms with van der Waals surface area (Å²) in [7, 11) is 1.31. The Hall–Kier alpha value is -4.30. The Morgan fingerprint density at radius 1 is 1.11 bits per heavy atom. The quantitative estimate of drug-likeness (QED) is 0.367. The Morgan fingerprint density at radius 2 is 1.83 bits per heavy atom. The number of benzene rings is 2. The van der Waals surface area contributed by atoms with Gasteiger partial charge in [-0.05, 0) is 36.3 Å².